The van der Waals surface area contributed by atoms with Gasteiger partial charge in [-0.25, -0.2) is 4.98 Å². The number of piperidine rings is 2. The van der Waals surface area contributed by atoms with Crippen LogP contribution in [-0.4, -0.2) is 53.3 Å². The Kier molecular flexibility index (Phi) is 5.28. The molecule has 2 saturated heterocycles. The van der Waals surface area contributed by atoms with E-state index >= 15 is 0 Å². The Balaban J connectivity index is 1.31. The number of β-amino-alcohol motifs (C(OH)–C–C–N with tert-alkyl or cyclic N) is 1. The van der Waals surface area contributed by atoms with Crippen LogP contribution in [0.2, 0.25) is 0 Å². The predicted octanol–water partition coefficient (Wildman–Crippen LogP) is 2.69. The van der Waals surface area contributed by atoms with E-state index in [2.05, 4.69) is 49.7 Å². The maximum absolute atomic E-state index is 9.90. The van der Waals surface area contributed by atoms with Crippen LogP contribution in [0.3, 0.4) is 0 Å². The minimum atomic E-state index is -0.132. The van der Waals surface area contributed by atoms with Crippen molar-refractivity contribution >= 4 is 33.7 Å². The molecule has 0 bridgehead atoms. The zero-order valence-electron chi connectivity index (χ0n) is 14.9. The van der Waals surface area contributed by atoms with Gasteiger partial charge in [-0.05, 0) is 56.5 Å². The fourth-order valence-electron chi connectivity index (χ4n) is 3.99. The molecule has 1 unspecified atom stereocenters. The highest BCUT2D eigenvalue weighted by Gasteiger charge is 2.28. The summed E-state index contributed by atoms with van der Waals surface area (Å²) in [5.74, 6) is 0.429. The molecule has 1 aromatic carbocycles. The van der Waals surface area contributed by atoms with E-state index in [1.807, 2.05) is 0 Å². The molecule has 6 nitrogen and oxygen atoms in total. The average molecular weight is 373 g/mol. The molecule has 0 aliphatic carbocycles. The summed E-state index contributed by atoms with van der Waals surface area (Å²) in [6.45, 7) is 4.13. The van der Waals surface area contributed by atoms with Crippen LogP contribution in [0, 0.1) is 5.38 Å². The zero-order valence-corrected chi connectivity index (χ0v) is 15.7. The quantitative estimate of drug-likeness (QED) is 0.766. The van der Waals surface area contributed by atoms with Crippen molar-refractivity contribution in [3.63, 3.8) is 0 Å². The predicted molar refractivity (Wildman–Crippen MR) is 107 cm³/mol. The first-order chi connectivity index (χ1) is 12.7. The van der Waals surface area contributed by atoms with Gasteiger partial charge in [-0.1, -0.05) is 11.3 Å². The first kappa shape index (κ1) is 17.6. The molecule has 1 radical (unpaired) electrons. The lowest BCUT2D eigenvalue weighted by Gasteiger charge is -2.42. The lowest BCUT2D eigenvalue weighted by atomic mass is 9.98. The topological polar surface area (TPSA) is 77.7 Å². The van der Waals surface area contributed by atoms with Crippen LogP contribution >= 0.6 is 11.3 Å². The van der Waals surface area contributed by atoms with Gasteiger partial charge in [0.05, 0.1) is 11.5 Å². The number of hydrogen-bond donors (Lipinski definition) is 3. The number of nitrogens with zero attached hydrogens (tertiary/aromatic N) is 3. The third kappa shape index (κ3) is 4.11. The monoisotopic (exact) mass is 372 g/mol. The number of nitrogens with two attached hydrogens (primary N) is 1. The second-order valence-corrected chi connectivity index (χ2v) is 7.98. The Morgan fingerprint density at radius 1 is 1.15 bits per heavy atom. The van der Waals surface area contributed by atoms with E-state index in [-0.39, 0.29) is 6.10 Å². The van der Waals surface area contributed by atoms with Gasteiger partial charge in [-0.2, -0.15) is 0 Å². The van der Waals surface area contributed by atoms with E-state index in [1.165, 1.54) is 29.9 Å². The summed E-state index contributed by atoms with van der Waals surface area (Å²) in [7, 11) is 0. The number of anilines is 4. The van der Waals surface area contributed by atoms with Crippen LogP contribution in [0.15, 0.2) is 24.3 Å². The van der Waals surface area contributed by atoms with Gasteiger partial charge in [0.1, 0.15) is 5.82 Å². The van der Waals surface area contributed by atoms with E-state index < -0.39 is 0 Å². The largest absolute Gasteiger partial charge is 0.392 e. The lowest BCUT2D eigenvalue weighted by molar-refractivity contribution is 0.0398. The molecular weight excluding hydrogens is 346 g/mol. The number of aliphatic hydroxyl groups excluding tert-OH is 1. The summed E-state index contributed by atoms with van der Waals surface area (Å²) in [5.41, 5.74) is 7.88. The van der Waals surface area contributed by atoms with Gasteiger partial charge in [-0.15, -0.1) is 0 Å². The normalized spacial score (nSPS) is 22.5. The summed E-state index contributed by atoms with van der Waals surface area (Å²) in [5, 5.41) is 16.8. The molecule has 0 spiro atoms. The fraction of sp³-hybridized carbons (Fsp3) is 0.526. The Morgan fingerprint density at radius 3 is 2.58 bits per heavy atom. The zero-order chi connectivity index (χ0) is 17.9. The van der Waals surface area contributed by atoms with Crippen LogP contribution in [0.25, 0.3) is 0 Å². The second-order valence-electron chi connectivity index (χ2n) is 7.19. The number of benzene rings is 1. The Labute approximate surface area is 158 Å². The third-order valence-corrected chi connectivity index (χ3v) is 6.06. The van der Waals surface area contributed by atoms with E-state index in [1.54, 1.807) is 0 Å². The molecule has 4 N–H and O–H groups in total. The molecule has 2 fully saturated rings. The highest BCUT2D eigenvalue weighted by Crippen LogP contribution is 2.27. The van der Waals surface area contributed by atoms with Crippen molar-refractivity contribution in [2.75, 3.05) is 42.1 Å². The molecule has 3 heterocycles. The number of rotatable bonds is 4. The van der Waals surface area contributed by atoms with Crippen molar-refractivity contribution in [2.24, 2.45) is 0 Å². The summed E-state index contributed by atoms with van der Waals surface area (Å²) >= 11 is 1.39. The van der Waals surface area contributed by atoms with Crippen molar-refractivity contribution in [1.82, 2.24) is 9.88 Å². The van der Waals surface area contributed by atoms with Gasteiger partial charge >= 0.3 is 0 Å². The first-order valence-corrected chi connectivity index (χ1v) is 10.2. The molecule has 0 amide bonds. The fourth-order valence-corrected chi connectivity index (χ4v) is 4.55. The van der Waals surface area contributed by atoms with E-state index in [0.29, 0.717) is 11.9 Å². The third-order valence-electron chi connectivity index (χ3n) is 5.37. The van der Waals surface area contributed by atoms with Crippen LogP contribution < -0.4 is 16.0 Å². The summed E-state index contributed by atoms with van der Waals surface area (Å²) in [4.78, 5) is 9.12. The molecular formula is C19H26N5OS. The number of aromatic nitrogens is 1. The molecule has 1 aromatic heterocycles. The minimum absolute atomic E-state index is 0.132. The molecule has 2 aliphatic heterocycles. The highest BCUT2D eigenvalue weighted by molar-refractivity contribution is 7.13. The van der Waals surface area contributed by atoms with Crippen molar-refractivity contribution < 1.29 is 5.11 Å². The van der Waals surface area contributed by atoms with Crippen LogP contribution in [-0.2, 0) is 0 Å². The van der Waals surface area contributed by atoms with E-state index in [9.17, 15) is 5.11 Å². The summed E-state index contributed by atoms with van der Waals surface area (Å²) < 4.78 is 0. The number of nitrogens with one attached hydrogen (secondary N) is 1. The number of thiazole rings is 1. The average Bonchev–Trinajstić information content (AvgIpc) is 3.07. The maximum Gasteiger partial charge on any atom is 0.189 e. The number of nitrogen functional groups attached to an aromatic ring is 1. The van der Waals surface area contributed by atoms with Gasteiger partial charge in [0, 0.05) is 37.1 Å². The first-order valence-electron chi connectivity index (χ1n) is 9.35. The van der Waals surface area contributed by atoms with Gasteiger partial charge < -0.3 is 21.1 Å². The van der Waals surface area contributed by atoms with Crippen LogP contribution in [0.5, 0.6) is 0 Å². The summed E-state index contributed by atoms with van der Waals surface area (Å²) in [6, 6.07) is 9.11. The van der Waals surface area contributed by atoms with Crippen molar-refractivity contribution in [3.8, 4) is 0 Å². The molecule has 1 atom stereocenters. The van der Waals surface area contributed by atoms with E-state index in [0.717, 1.165) is 49.8 Å². The molecule has 7 heteroatoms. The molecule has 2 aliphatic rings. The van der Waals surface area contributed by atoms with Crippen molar-refractivity contribution in [3.05, 3.63) is 29.6 Å². The van der Waals surface area contributed by atoms with Gasteiger partial charge in [0.25, 0.3) is 0 Å². The van der Waals surface area contributed by atoms with Gasteiger partial charge in [-0.3, -0.25) is 4.90 Å². The number of aliphatic hydroxyl groups is 1. The van der Waals surface area contributed by atoms with Crippen molar-refractivity contribution in [1.29, 1.82) is 0 Å². The van der Waals surface area contributed by atoms with Crippen LogP contribution in [0.1, 0.15) is 25.7 Å². The number of likely N-dealkylation sites (tertiary alicyclic amines) is 1. The maximum atomic E-state index is 9.90. The standard InChI is InChI=1S/C19H26N5OS/c20-18-13-26-19(22-18)21-14-3-5-15(6-4-14)23-10-7-16(8-11-23)24-9-1-2-17(25)12-24/h3-6,16-17,25H,1-2,7-12,20H2,(H,21,22). The molecule has 4 rings (SSSR count). The smallest absolute Gasteiger partial charge is 0.189 e. The molecule has 139 valence electrons. The molecule has 26 heavy (non-hydrogen) atoms. The molecule has 0 saturated carbocycles. The van der Waals surface area contributed by atoms with Crippen LogP contribution in [0.4, 0.5) is 22.3 Å². The second kappa shape index (κ2) is 7.82. The number of hydrogen-bond acceptors (Lipinski definition) is 7. The molecule has 2 aromatic rings. The lowest BCUT2D eigenvalue weighted by Crippen LogP contribution is -2.49. The highest BCUT2D eigenvalue weighted by atomic mass is 32.1. The Hall–Kier alpha value is -1.83. The van der Waals surface area contributed by atoms with Crippen molar-refractivity contribution in [2.45, 2.75) is 37.8 Å². The summed E-state index contributed by atoms with van der Waals surface area (Å²) in [6.07, 6.45) is 4.29. The minimum Gasteiger partial charge on any atom is -0.392 e. The Bertz CT molecular complexity index is 711. The van der Waals surface area contributed by atoms with Gasteiger partial charge in [0.2, 0.25) is 0 Å². The van der Waals surface area contributed by atoms with Gasteiger partial charge in [0.15, 0.2) is 5.13 Å². The SMILES string of the molecule is Nc1[c]sc(Nc2ccc(N3CCC(N4CCCC(O)C4)CC3)cc2)n1. The van der Waals surface area contributed by atoms with E-state index in [4.69, 9.17) is 5.73 Å². The Morgan fingerprint density at radius 2 is 1.92 bits per heavy atom.